The van der Waals surface area contributed by atoms with Crippen LogP contribution in [0.15, 0.2) is 0 Å². The topological polar surface area (TPSA) is 72.9 Å². The number of ether oxygens (including phenoxy) is 1. The zero-order valence-corrected chi connectivity index (χ0v) is 10.7. The second-order valence-corrected chi connectivity index (χ2v) is 6.19. The first-order valence-electron chi connectivity index (χ1n) is 5.06. The van der Waals surface area contributed by atoms with E-state index in [0.29, 0.717) is 10.7 Å². The van der Waals surface area contributed by atoms with Crippen molar-refractivity contribution in [2.45, 2.75) is 45.8 Å². The van der Waals surface area contributed by atoms with Crippen LogP contribution in [0.25, 0.3) is 0 Å². The molecular formula is C9H17NO5S. The van der Waals surface area contributed by atoms with E-state index >= 15 is 0 Å². The molecule has 0 radical (unpaired) electrons. The molecule has 0 aromatic rings. The molecule has 94 valence electrons. The smallest absolute Gasteiger partial charge is 0.425 e. The Hall–Kier alpha value is -0.820. The number of rotatable bonds is 0. The van der Waals surface area contributed by atoms with Crippen molar-refractivity contribution in [3.63, 3.8) is 0 Å². The molecule has 0 bridgehead atoms. The highest BCUT2D eigenvalue weighted by molar-refractivity contribution is 7.84. The molecule has 0 saturated carbocycles. The summed E-state index contributed by atoms with van der Waals surface area (Å²) in [5, 5.41) is 0. The summed E-state index contributed by atoms with van der Waals surface area (Å²) in [4.78, 5) is 11.6. The molecule has 0 aliphatic carbocycles. The van der Waals surface area contributed by atoms with Crippen LogP contribution in [-0.4, -0.2) is 37.1 Å². The standard InChI is InChI=1S/C9H17NO5S/c1-7-5-6-10(16(12,13)15-7)8(11)14-9(2,3)4/h7H,5-6H2,1-4H3. The molecule has 7 heteroatoms. The Kier molecular flexibility index (Phi) is 3.49. The van der Waals surface area contributed by atoms with Gasteiger partial charge in [0.25, 0.3) is 0 Å². The van der Waals surface area contributed by atoms with Crippen LogP contribution in [0.2, 0.25) is 0 Å². The molecule has 0 N–H and O–H groups in total. The highest BCUT2D eigenvalue weighted by Gasteiger charge is 2.37. The molecule has 1 heterocycles. The third kappa shape index (κ3) is 3.34. The Bertz CT molecular complexity index is 370. The summed E-state index contributed by atoms with van der Waals surface area (Å²) in [5.74, 6) is 0. The molecule has 1 aliphatic rings. The monoisotopic (exact) mass is 251 g/mol. The lowest BCUT2D eigenvalue weighted by molar-refractivity contribution is 0.0304. The third-order valence-corrected chi connectivity index (χ3v) is 3.33. The quantitative estimate of drug-likeness (QED) is 0.648. The lowest BCUT2D eigenvalue weighted by atomic mass is 10.2. The second-order valence-electron chi connectivity index (χ2n) is 4.71. The van der Waals surface area contributed by atoms with E-state index in [4.69, 9.17) is 8.92 Å². The van der Waals surface area contributed by atoms with Crippen molar-refractivity contribution < 1.29 is 22.1 Å². The van der Waals surface area contributed by atoms with Crippen molar-refractivity contribution in [3.8, 4) is 0 Å². The predicted octanol–water partition coefficient (Wildman–Crippen LogP) is 1.28. The molecule has 1 aliphatic heterocycles. The van der Waals surface area contributed by atoms with Crippen LogP contribution >= 0.6 is 0 Å². The number of amides is 1. The molecule has 1 saturated heterocycles. The SMILES string of the molecule is CC1CCN(C(=O)OC(C)(C)C)S(=O)(=O)O1. The second kappa shape index (κ2) is 4.21. The van der Waals surface area contributed by atoms with E-state index in [1.807, 2.05) is 0 Å². The van der Waals surface area contributed by atoms with Crippen molar-refractivity contribution in [3.05, 3.63) is 0 Å². The van der Waals surface area contributed by atoms with Gasteiger partial charge in [-0.15, -0.1) is 0 Å². The Labute approximate surface area is 95.8 Å². The summed E-state index contributed by atoms with van der Waals surface area (Å²) in [6, 6.07) is 0. The third-order valence-electron chi connectivity index (χ3n) is 1.89. The Morgan fingerprint density at radius 3 is 2.44 bits per heavy atom. The van der Waals surface area contributed by atoms with Gasteiger partial charge in [0.1, 0.15) is 5.60 Å². The maximum Gasteiger partial charge on any atom is 0.425 e. The van der Waals surface area contributed by atoms with Crippen molar-refractivity contribution in [1.82, 2.24) is 4.31 Å². The van der Waals surface area contributed by atoms with Gasteiger partial charge in [0.2, 0.25) is 0 Å². The van der Waals surface area contributed by atoms with Gasteiger partial charge in [0, 0.05) is 6.54 Å². The first kappa shape index (κ1) is 13.2. The minimum absolute atomic E-state index is 0.0956. The van der Waals surface area contributed by atoms with E-state index in [0.717, 1.165) is 0 Å². The zero-order chi connectivity index (χ0) is 12.6. The molecule has 0 spiro atoms. The van der Waals surface area contributed by atoms with Gasteiger partial charge in [-0.1, -0.05) is 0 Å². The van der Waals surface area contributed by atoms with E-state index < -0.39 is 28.1 Å². The number of carbonyl (C=O) groups is 1. The van der Waals surface area contributed by atoms with Crippen LogP contribution in [0, 0.1) is 0 Å². The predicted molar refractivity (Wildman–Crippen MR) is 57.0 cm³/mol. The van der Waals surface area contributed by atoms with Crippen molar-refractivity contribution in [2.24, 2.45) is 0 Å². The maximum atomic E-state index is 11.6. The lowest BCUT2D eigenvalue weighted by Gasteiger charge is -2.31. The molecule has 1 fully saturated rings. The van der Waals surface area contributed by atoms with Crippen molar-refractivity contribution in [2.75, 3.05) is 6.54 Å². The van der Waals surface area contributed by atoms with Gasteiger partial charge in [0.05, 0.1) is 6.10 Å². The Morgan fingerprint density at radius 2 is 2.00 bits per heavy atom. The molecule has 1 rings (SSSR count). The Morgan fingerprint density at radius 1 is 1.44 bits per heavy atom. The number of carbonyl (C=O) groups excluding carboxylic acids is 1. The van der Waals surface area contributed by atoms with Gasteiger partial charge < -0.3 is 4.74 Å². The normalized spacial score (nSPS) is 25.2. The average molecular weight is 251 g/mol. The van der Waals surface area contributed by atoms with E-state index in [9.17, 15) is 13.2 Å². The molecule has 0 aromatic carbocycles. The summed E-state index contributed by atoms with van der Waals surface area (Å²) < 4.78 is 33.4. The van der Waals surface area contributed by atoms with Crippen molar-refractivity contribution in [1.29, 1.82) is 0 Å². The molecule has 0 aromatic heterocycles. The highest BCUT2D eigenvalue weighted by atomic mass is 32.2. The maximum absolute atomic E-state index is 11.6. The van der Waals surface area contributed by atoms with Crippen LogP contribution in [0.5, 0.6) is 0 Å². The molecule has 1 amide bonds. The number of hydrogen-bond acceptors (Lipinski definition) is 5. The van der Waals surface area contributed by atoms with Gasteiger partial charge in [-0.05, 0) is 34.1 Å². The van der Waals surface area contributed by atoms with Crippen LogP contribution in [0.1, 0.15) is 34.1 Å². The fourth-order valence-corrected chi connectivity index (χ4v) is 2.38. The van der Waals surface area contributed by atoms with Crippen molar-refractivity contribution >= 4 is 16.4 Å². The molecule has 1 unspecified atom stereocenters. The lowest BCUT2D eigenvalue weighted by Crippen LogP contribution is -2.47. The molecule has 16 heavy (non-hydrogen) atoms. The van der Waals surface area contributed by atoms with Crippen LogP contribution in [0.4, 0.5) is 4.79 Å². The van der Waals surface area contributed by atoms with E-state index in [2.05, 4.69) is 0 Å². The zero-order valence-electron chi connectivity index (χ0n) is 9.89. The minimum atomic E-state index is -3.99. The molecular weight excluding hydrogens is 234 g/mol. The van der Waals surface area contributed by atoms with Gasteiger partial charge >= 0.3 is 16.4 Å². The van der Waals surface area contributed by atoms with E-state index in [1.54, 1.807) is 27.7 Å². The van der Waals surface area contributed by atoms with Crippen LogP contribution in [-0.2, 0) is 19.2 Å². The summed E-state index contributed by atoms with van der Waals surface area (Å²) in [6.45, 7) is 6.75. The summed E-state index contributed by atoms with van der Waals surface area (Å²) >= 11 is 0. The summed E-state index contributed by atoms with van der Waals surface area (Å²) in [7, 11) is -3.99. The number of nitrogens with zero attached hydrogens (tertiary/aromatic N) is 1. The van der Waals surface area contributed by atoms with Gasteiger partial charge in [-0.25, -0.2) is 4.79 Å². The van der Waals surface area contributed by atoms with Crippen LogP contribution < -0.4 is 0 Å². The van der Waals surface area contributed by atoms with E-state index in [-0.39, 0.29) is 6.54 Å². The summed E-state index contributed by atoms with van der Waals surface area (Å²) in [6.07, 6.45) is -0.818. The first-order chi connectivity index (χ1) is 7.12. The largest absolute Gasteiger partial charge is 0.443 e. The van der Waals surface area contributed by atoms with Crippen LogP contribution in [0.3, 0.4) is 0 Å². The average Bonchev–Trinajstić information content (AvgIpc) is 1.97. The van der Waals surface area contributed by atoms with Gasteiger partial charge in [-0.3, -0.25) is 4.18 Å². The molecule has 1 atom stereocenters. The molecule has 6 nitrogen and oxygen atoms in total. The Balaban J connectivity index is 2.77. The van der Waals surface area contributed by atoms with Gasteiger partial charge in [-0.2, -0.15) is 12.7 Å². The minimum Gasteiger partial charge on any atom is -0.443 e. The number of hydrogen-bond donors (Lipinski definition) is 0. The fourth-order valence-electron chi connectivity index (χ4n) is 1.21. The fraction of sp³-hybridized carbons (Fsp3) is 0.889. The highest BCUT2D eigenvalue weighted by Crippen LogP contribution is 2.20. The first-order valence-corrected chi connectivity index (χ1v) is 6.42. The summed E-state index contributed by atoms with van der Waals surface area (Å²) in [5.41, 5.74) is -0.727. The van der Waals surface area contributed by atoms with E-state index in [1.165, 1.54) is 0 Å². The van der Waals surface area contributed by atoms with Gasteiger partial charge in [0.15, 0.2) is 0 Å².